The van der Waals surface area contributed by atoms with E-state index in [2.05, 4.69) is 39.5 Å². The van der Waals surface area contributed by atoms with Crippen LogP contribution in [0.25, 0.3) is 0 Å². The van der Waals surface area contributed by atoms with Crippen LogP contribution in [0.2, 0.25) is 0 Å². The van der Waals surface area contributed by atoms with Gasteiger partial charge in [0.25, 0.3) is 0 Å². The Balaban J connectivity index is 1.94. The summed E-state index contributed by atoms with van der Waals surface area (Å²) in [6, 6.07) is 0.171. The van der Waals surface area contributed by atoms with Crippen molar-refractivity contribution >= 4 is 5.78 Å². The van der Waals surface area contributed by atoms with Gasteiger partial charge in [0.15, 0.2) is 0 Å². The number of nitrogens with zero attached hydrogens (tertiary/aromatic N) is 1. The van der Waals surface area contributed by atoms with Crippen LogP contribution in [0.4, 0.5) is 0 Å². The van der Waals surface area contributed by atoms with Gasteiger partial charge in [0.05, 0.1) is 6.04 Å². The van der Waals surface area contributed by atoms with Crippen molar-refractivity contribution in [3.63, 3.8) is 0 Å². The molecule has 2 saturated carbocycles. The van der Waals surface area contributed by atoms with Gasteiger partial charge in [-0.2, -0.15) is 0 Å². The van der Waals surface area contributed by atoms with Crippen molar-refractivity contribution in [2.24, 2.45) is 16.2 Å². The molecule has 0 aromatic heterocycles. The first-order valence-corrected chi connectivity index (χ1v) is 8.98. The summed E-state index contributed by atoms with van der Waals surface area (Å²) >= 11 is 0. The third-order valence-electron chi connectivity index (χ3n) is 8.17. The molecule has 0 bridgehead atoms. The predicted octanol–water partition coefficient (Wildman–Crippen LogP) is 4.42. The zero-order valence-corrected chi connectivity index (χ0v) is 14.9. The second-order valence-corrected chi connectivity index (χ2v) is 8.98. The fourth-order valence-electron chi connectivity index (χ4n) is 5.96. The van der Waals surface area contributed by atoms with Crippen molar-refractivity contribution in [2.75, 3.05) is 6.54 Å². The highest BCUT2D eigenvalue weighted by Crippen LogP contribution is 2.88. The van der Waals surface area contributed by atoms with Gasteiger partial charge in [-0.1, -0.05) is 34.1 Å². The number of carbonyl (C=O) groups is 1. The molecule has 120 valence electrons. The molecule has 0 aromatic carbocycles. The topological polar surface area (TPSA) is 20.3 Å². The standard InChI is InChI=1S/C19H33NO/c1-7-15(21)14-12-19(13-20(14)16(3,4)8-2)17(5,6)18(19)10-9-11-18/h14H,7-13H2,1-6H3/t14-,19+/m0/s1. The maximum atomic E-state index is 12.6. The van der Waals surface area contributed by atoms with E-state index in [1.54, 1.807) is 0 Å². The number of rotatable bonds is 4. The van der Waals surface area contributed by atoms with Crippen molar-refractivity contribution in [1.82, 2.24) is 4.90 Å². The van der Waals surface area contributed by atoms with Crippen LogP contribution >= 0.6 is 0 Å². The zero-order chi connectivity index (χ0) is 15.7. The largest absolute Gasteiger partial charge is 0.298 e. The average Bonchev–Trinajstić information content (AvgIpc) is 2.70. The zero-order valence-electron chi connectivity index (χ0n) is 14.9. The van der Waals surface area contributed by atoms with Crippen LogP contribution in [0.5, 0.6) is 0 Å². The van der Waals surface area contributed by atoms with Crippen LogP contribution in [0.15, 0.2) is 0 Å². The Kier molecular flexibility index (Phi) is 3.21. The van der Waals surface area contributed by atoms with E-state index in [0.29, 0.717) is 28.4 Å². The molecule has 0 N–H and O–H groups in total. The van der Waals surface area contributed by atoms with Crippen molar-refractivity contribution in [1.29, 1.82) is 0 Å². The van der Waals surface area contributed by atoms with Gasteiger partial charge in [-0.05, 0) is 55.8 Å². The third kappa shape index (κ3) is 1.61. The minimum atomic E-state index is 0.141. The summed E-state index contributed by atoms with van der Waals surface area (Å²) in [6.07, 6.45) is 7.11. The molecule has 2 nitrogen and oxygen atoms in total. The number of carbonyl (C=O) groups excluding carboxylic acids is 1. The molecule has 3 rings (SSSR count). The lowest BCUT2D eigenvalue weighted by Crippen LogP contribution is -2.49. The number of fused-ring (bicyclic) bond motifs is 1. The van der Waals surface area contributed by atoms with Crippen LogP contribution in [0, 0.1) is 16.2 Å². The summed E-state index contributed by atoms with van der Waals surface area (Å²) in [6.45, 7) is 15.0. The SMILES string of the molecule is CCC(=O)[C@@H]1C[C@@]2(CN1C(C)(C)CC)C(C)(C)C21CCC1. The van der Waals surface area contributed by atoms with E-state index in [1.807, 2.05) is 6.92 Å². The minimum absolute atomic E-state index is 0.141. The first-order valence-electron chi connectivity index (χ1n) is 8.98. The Morgan fingerprint density at radius 3 is 2.19 bits per heavy atom. The molecule has 0 aromatic rings. The highest BCUT2D eigenvalue weighted by Gasteiger charge is 2.84. The Morgan fingerprint density at radius 2 is 1.81 bits per heavy atom. The van der Waals surface area contributed by atoms with E-state index in [4.69, 9.17) is 0 Å². The fraction of sp³-hybridized carbons (Fsp3) is 0.947. The highest BCUT2D eigenvalue weighted by atomic mass is 16.1. The number of hydrogen-bond acceptors (Lipinski definition) is 2. The summed E-state index contributed by atoms with van der Waals surface area (Å²) in [7, 11) is 0. The third-order valence-corrected chi connectivity index (χ3v) is 8.17. The number of Topliss-reactive ketones (excluding diaryl/α,β-unsaturated/α-hetero) is 1. The van der Waals surface area contributed by atoms with Crippen LogP contribution in [-0.4, -0.2) is 28.8 Å². The molecule has 3 aliphatic rings. The van der Waals surface area contributed by atoms with Crippen molar-refractivity contribution in [3.05, 3.63) is 0 Å². The number of ketones is 1. The molecule has 0 unspecified atom stereocenters. The maximum Gasteiger partial charge on any atom is 0.149 e. The highest BCUT2D eigenvalue weighted by molar-refractivity contribution is 5.84. The lowest BCUT2D eigenvalue weighted by atomic mass is 9.73. The quantitative estimate of drug-likeness (QED) is 0.764. The first kappa shape index (κ1) is 15.5. The minimum Gasteiger partial charge on any atom is -0.298 e. The average molecular weight is 291 g/mol. The first-order chi connectivity index (χ1) is 9.69. The van der Waals surface area contributed by atoms with E-state index in [1.165, 1.54) is 19.3 Å². The molecule has 3 fully saturated rings. The van der Waals surface area contributed by atoms with E-state index >= 15 is 0 Å². The molecular formula is C19H33NO. The Hall–Kier alpha value is -0.370. The van der Waals surface area contributed by atoms with E-state index in [-0.39, 0.29) is 11.6 Å². The van der Waals surface area contributed by atoms with Crippen LogP contribution in [0.1, 0.15) is 80.1 Å². The van der Waals surface area contributed by atoms with Gasteiger partial charge in [0.2, 0.25) is 0 Å². The predicted molar refractivity (Wildman–Crippen MR) is 87.3 cm³/mol. The molecular weight excluding hydrogens is 258 g/mol. The summed E-state index contributed by atoms with van der Waals surface area (Å²) < 4.78 is 0. The second-order valence-electron chi connectivity index (χ2n) is 8.98. The van der Waals surface area contributed by atoms with Crippen LogP contribution in [0.3, 0.4) is 0 Å². The van der Waals surface area contributed by atoms with Crippen molar-refractivity contribution in [3.8, 4) is 0 Å². The normalized spacial score (nSPS) is 37.0. The molecule has 0 radical (unpaired) electrons. The van der Waals surface area contributed by atoms with E-state index in [9.17, 15) is 4.79 Å². The van der Waals surface area contributed by atoms with Gasteiger partial charge in [-0.3, -0.25) is 9.69 Å². The summed E-state index contributed by atoms with van der Waals surface area (Å²) in [5.41, 5.74) is 1.55. The lowest BCUT2D eigenvalue weighted by Gasteiger charge is -2.39. The van der Waals surface area contributed by atoms with E-state index in [0.717, 1.165) is 19.4 Å². The summed E-state index contributed by atoms with van der Waals surface area (Å²) in [4.78, 5) is 15.2. The van der Waals surface area contributed by atoms with Crippen molar-refractivity contribution in [2.45, 2.75) is 91.6 Å². The molecule has 1 saturated heterocycles. The van der Waals surface area contributed by atoms with Gasteiger partial charge in [0, 0.05) is 18.5 Å². The Labute approximate surface area is 130 Å². The van der Waals surface area contributed by atoms with Crippen LogP contribution < -0.4 is 0 Å². The molecule has 2 spiro atoms. The molecule has 21 heavy (non-hydrogen) atoms. The Bertz CT molecular complexity index is 460. The molecule has 1 heterocycles. The molecule has 0 amide bonds. The number of hydrogen-bond donors (Lipinski definition) is 0. The monoisotopic (exact) mass is 291 g/mol. The molecule has 2 atom stereocenters. The molecule has 1 aliphatic heterocycles. The number of likely N-dealkylation sites (tertiary alicyclic amines) is 1. The molecule has 2 aliphatic carbocycles. The lowest BCUT2D eigenvalue weighted by molar-refractivity contribution is -0.124. The molecule has 2 heteroatoms. The van der Waals surface area contributed by atoms with Gasteiger partial charge < -0.3 is 0 Å². The van der Waals surface area contributed by atoms with Crippen LogP contribution in [-0.2, 0) is 4.79 Å². The Morgan fingerprint density at radius 1 is 1.19 bits per heavy atom. The smallest absolute Gasteiger partial charge is 0.149 e. The van der Waals surface area contributed by atoms with E-state index < -0.39 is 0 Å². The summed E-state index contributed by atoms with van der Waals surface area (Å²) in [5, 5.41) is 0. The maximum absolute atomic E-state index is 12.6. The van der Waals surface area contributed by atoms with Gasteiger partial charge in [-0.15, -0.1) is 0 Å². The fourth-order valence-corrected chi connectivity index (χ4v) is 5.96. The second kappa shape index (κ2) is 4.34. The van der Waals surface area contributed by atoms with Gasteiger partial charge >= 0.3 is 0 Å². The van der Waals surface area contributed by atoms with Crippen molar-refractivity contribution < 1.29 is 4.79 Å². The van der Waals surface area contributed by atoms with Gasteiger partial charge in [-0.25, -0.2) is 0 Å². The van der Waals surface area contributed by atoms with Gasteiger partial charge in [0.1, 0.15) is 5.78 Å². The summed E-state index contributed by atoms with van der Waals surface area (Å²) in [5.74, 6) is 0.463.